The van der Waals surface area contributed by atoms with Crippen LogP contribution in [0.25, 0.3) is 21.5 Å². The molecule has 1 amide bonds. The van der Waals surface area contributed by atoms with Gasteiger partial charge in [-0.15, -0.1) is 11.3 Å². The molecule has 3 heterocycles. The predicted octanol–water partition coefficient (Wildman–Crippen LogP) is 2.66. The second kappa shape index (κ2) is 7.64. The highest BCUT2D eigenvalue weighted by molar-refractivity contribution is 7.13. The molecule has 27 heavy (non-hydrogen) atoms. The number of nitrogens with two attached hydrogens (primary N) is 1. The minimum absolute atomic E-state index is 0.415. The Kier molecular flexibility index (Phi) is 5.07. The molecule has 2 N–H and O–H groups in total. The van der Waals surface area contributed by atoms with Crippen LogP contribution in [-0.2, 0) is 16.1 Å². The topological polar surface area (TPSA) is 77.7 Å². The third-order valence-corrected chi connectivity index (χ3v) is 5.60. The fourth-order valence-corrected chi connectivity index (χ4v) is 4.07. The fraction of sp³-hybridized carbons (Fsp3) is 0.300. The van der Waals surface area contributed by atoms with Crippen molar-refractivity contribution in [2.45, 2.75) is 12.6 Å². The summed E-state index contributed by atoms with van der Waals surface area (Å²) in [6.45, 7) is 2.45. The van der Waals surface area contributed by atoms with E-state index in [4.69, 9.17) is 20.2 Å². The van der Waals surface area contributed by atoms with Crippen molar-refractivity contribution >= 4 is 28.1 Å². The number of pyridine rings is 1. The molecular weight excluding hydrogens is 362 g/mol. The molecule has 1 unspecified atom stereocenters. The maximum atomic E-state index is 11.5. The second-order valence-electron chi connectivity index (χ2n) is 6.53. The van der Waals surface area contributed by atoms with Crippen LogP contribution in [0, 0.1) is 0 Å². The summed E-state index contributed by atoms with van der Waals surface area (Å²) in [7, 11) is 1.66. The van der Waals surface area contributed by atoms with Gasteiger partial charge in [0.15, 0.2) is 0 Å². The summed E-state index contributed by atoms with van der Waals surface area (Å²) in [5.41, 5.74) is 8.41. The van der Waals surface area contributed by atoms with E-state index in [2.05, 4.69) is 22.4 Å². The Bertz CT molecular complexity index is 959. The van der Waals surface area contributed by atoms with E-state index in [0.29, 0.717) is 19.7 Å². The molecule has 0 aliphatic carbocycles. The quantitative estimate of drug-likeness (QED) is 0.733. The summed E-state index contributed by atoms with van der Waals surface area (Å²) in [6, 6.07) is 12.2. The van der Waals surface area contributed by atoms with E-state index >= 15 is 0 Å². The SMILES string of the molecule is COc1ccc2cc(CN3CCOC(C(N)=O)C3)c(-c3cccs3)nc2c1. The highest BCUT2D eigenvalue weighted by atomic mass is 32.1. The third-order valence-electron chi connectivity index (χ3n) is 4.72. The summed E-state index contributed by atoms with van der Waals surface area (Å²) in [5, 5.41) is 3.11. The number of benzene rings is 1. The zero-order valence-electron chi connectivity index (χ0n) is 15.1. The van der Waals surface area contributed by atoms with Gasteiger partial charge in [0.05, 0.1) is 29.8 Å². The van der Waals surface area contributed by atoms with Gasteiger partial charge in [0.1, 0.15) is 11.9 Å². The zero-order valence-corrected chi connectivity index (χ0v) is 15.9. The largest absolute Gasteiger partial charge is 0.497 e. The van der Waals surface area contributed by atoms with Crippen LogP contribution in [0.5, 0.6) is 5.75 Å². The molecule has 7 heteroatoms. The zero-order chi connectivity index (χ0) is 18.8. The van der Waals surface area contributed by atoms with Crippen LogP contribution in [0.15, 0.2) is 41.8 Å². The summed E-state index contributed by atoms with van der Waals surface area (Å²) in [4.78, 5) is 19.7. The number of morpholine rings is 1. The van der Waals surface area contributed by atoms with Gasteiger partial charge in [-0.1, -0.05) is 6.07 Å². The number of thiophene rings is 1. The van der Waals surface area contributed by atoms with Crippen LogP contribution in [0.3, 0.4) is 0 Å². The predicted molar refractivity (Wildman–Crippen MR) is 106 cm³/mol. The normalized spacial score (nSPS) is 17.9. The van der Waals surface area contributed by atoms with Gasteiger partial charge < -0.3 is 15.2 Å². The smallest absolute Gasteiger partial charge is 0.247 e. The van der Waals surface area contributed by atoms with Crippen molar-refractivity contribution in [1.82, 2.24) is 9.88 Å². The molecule has 1 aliphatic heterocycles. The number of rotatable bonds is 5. The molecule has 1 atom stereocenters. The Hall–Kier alpha value is -2.48. The monoisotopic (exact) mass is 383 g/mol. The van der Waals surface area contributed by atoms with Crippen molar-refractivity contribution in [3.63, 3.8) is 0 Å². The van der Waals surface area contributed by atoms with Crippen molar-refractivity contribution in [1.29, 1.82) is 0 Å². The number of methoxy groups -OCH3 is 1. The van der Waals surface area contributed by atoms with Gasteiger partial charge in [0.25, 0.3) is 0 Å². The van der Waals surface area contributed by atoms with Gasteiger partial charge in [-0.2, -0.15) is 0 Å². The minimum Gasteiger partial charge on any atom is -0.497 e. The Morgan fingerprint density at radius 1 is 1.41 bits per heavy atom. The molecule has 0 spiro atoms. The summed E-state index contributed by atoms with van der Waals surface area (Å²) in [6.07, 6.45) is -0.554. The first kappa shape index (κ1) is 17.9. The van der Waals surface area contributed by atoms with Crippen LogP contribution in [0.4, 0.5) is 0 Å². The number of nitrogens with zero attached hydrogens (tertiary/aromatic N) is 2. The van der Waals surface area contributed by atoms with Gasteiger partial charge in [-0.05, 0) is 35.2 Å². The highest BCUT2D eigenvalue weighted by Gasteiger charge is 2.25. The number of carbonyl (C=O) groups is 1. The van der Waals surface area contributed by atoms with E-state index in [1.165, 1.54) is 0 Å². The summed E-state index contributed by atoms with van der Waals surface area (Å²) in [5.74, 6) is 0.374. The number of fused-ring (bicyclic) bond motifs is 1. The summed E-state index contributed by atoms with van der Waals surface area (Å²) >= 11 is 1.67. The minimum atomic E-state index is -0.554. The van der Waals surface area contributed by atoms with E-state index in [-0.39, 0.29) is 0 Å². The number of hydrogen-bond donors (Lipinski definition) is 1. The van der Waals surface area contributed by atoms with E-state index < -0.39 is 12.0 Å². The molecule has 0 saturated carbocycles. The van der Waals surface area contributed by atoms with Crippen molar-refractivity contribution in [2.75, 3.05) is 26.8 Å². The fourth-order valence-electron chi connectivity index (χ4n) is 3.32. The lowest BCUT2D eigenvalue weighted by atomic mass is 10.1. The highest BCUT2D eigenvalue weighted by Crippen LogP contribution is 2.31. The molecule has 0 bridgehead atoms. The van der Waals surface area contributed by atoms with E-state index in [0.717, 1.165) is 39.3 Å². The molecule has 140 valence electrons. The van der Waals surface area contributed by atoms with Crippen LogP contribution in [-0.4, -0.2) is 48.7 Å². The molecule has 1 fully saturated rings. The van der Waals surface area contributed by atoms with Gasteiger partial charge in [-0.25, -0.2) is 4.98 Å². The number of hydrogen-bond acceptors (Lipinski definition) is 6. The lowest BCUT2D eigenvalue weighted by molar-refractivity contribution is -0.135. The van der Waals surface area contributed by atoms with Gasteiger partial charge in [-0.3, -0.25) is 9.69 Å². The van der Waals surface area contributed by atoms with Crippen LogP contribution < -0.4 is 10.5 Å². The van der Waals surface area contributed by atoms with Gasteiger partial charge in [0.2, 0.25) is 5.91 Å². The first-order chi connectivity index (χ1) is 13.1. The second-order valence-corrected chi connectivity index (χ2v) is 7.48. The van der Waals surface area contributed by atoms with Crippen molar-refractivity contribution < 1.29 is 14.3 Å². The van der Waals surface area contributed by atoms with Gasteiger partial charge >= 0.3 is 0 Å². The van der Waals surface area contributed by atoms with E-state index in [1.807, 2.05) is 24.3 Å². The summed E-state index contributed by atoms with van der Waals surface area (Å²) < 4.78 is 10.8. The molecular formula is C20H21N3O3S. The lowest BCUT2D eigenvalue weighted by Crippen LogP contribution is -2.47. The Morgan fingerprint density at radius 2 is 2.30 bits per heavy atom. The number of aromatic nitrogens is 1. The number of amides is 1. The van der Waals surface area contributed by atoms with Crippen molar-refractivity contribution in [3.05, 3.63) is 47.3 Å². The maximum Gasteiger partial charge on any atom is 0.247 e. The van der Waals surface area contributed by atoms with Gasteiger partial charge in [0, 0.05) is 31.1 Å². The van der Waals surface area contributed by atoms with Crippen LogP contribution in [0.1, 0.15) is 5.56 Å². The standard InChI is InChI=1S/C20H21N3O3S/c1-25-15-5-4-13-9-14(11-23-6-7-26-17(12-23)20(21)24)19(22-16(13)10-15)18-3-2-8-27-18/h2-5,8-10,17H,6-7,11-12H2,1H3,(H2,21,24). The molecule has 0 radical (unpaired) electrons. The molecule has 6 nitrogen and oxygen atoms in total. The Balaban J connectivity index is 1.72. The van der Waals surface area contributed by atoms with Crippen LogP contribution in [0.2, 0.25) is 0 Å². The van der Waals surface area contributed by atoms with Crippen molar-refractivity contribution in [2.24, 2.45) is 5.73 Å². The van der Waals surface area contributed by atoms with Crippen LogP contribution >= 0.6 is 11.3 Å². The first-order valence-electron chi connectivity index (χ1n) is 8.79. The average molecular weight is 383 g/mol. The average Bonchev–Trinajstić information content (AvgIpc) is 3.22. The van der Waals surface area contributed by atoms with E-state index in [1.54, 1.807) is 18.4 Å². The Labute approximate surface area is 161 Å². The lowest BCUT2D eigenvalue weighted by Gasteiger charge is -2.31. The third kappa shape index (κ3) is 3.80. The molecule has 1 aromatic carbocycles. The molecule has 2 aromatic heterocycles. The molecule has 1 aliphatic rings. The van der Waals surface area contributed by atoms with Crippen molar-refractivity contribution in [3.8, 4) is 16.3 Å². The van der Waals surface area contributed by atoms with E-state index in [9.17, 15) is 4.79 Å². The first-order valence-corrected chi connectivity index (χ1v) is 9.67. The number of carbonyl (C=O) groups excluding carboxylic acids is 1. The molecule has 3 aromatic rings. The number of primary amides is 1. The number of ether oxygens (including phenoxy) is 2. The maximum absolute atomic E-state index is 11.5. The molecule has 1 saturated heterocycles. The molecule has 4 rings (SSSR count). The Morgan fingerprint density at radius 3 is 3.04 bits per heavy atom.